The molecule has 0 spiro atoms. The third-order valence-electron chi connectivity index (χ3n) is 4.11. The maximum Gasteiger partial charge on any atom is 0.222 e. The Labute approximate surface area is 125 Å². The highest BCUT2D eigenvalue weighted by molar-refractivity contribution is 5.83. The maximum absolute atomic E-state index is 12.2. The lowest BCUT2D eigenvalue weighted by molar-refractivity contribution is -0.138. The van der Waals surface area contributed by atoms with Crippen molar-refractivity contribution in [2.75, 3.05) is 19.7 Å². The number of para-hydroxylation sites is 1. The summed E-state index contributed by atoms with van der Waals surface area (Å²) in [5.74, 6) is 0.255. The number of nitrogens with zero attached hydrogens (tertiary/aromatic N) is 1. The van der Waals surface area contributed by atoms with Gasteiger partial charge in [-0.15, -0.1) is 0 Å². The summed E-state index contributed by atoms with van der Waals surface area (Å²) < 4.78 is 5.47. The van der Waals surface area contributed by atoms with Crippen LogP contribution in [0.15, 0.2) is 30.5 Å². The normalized spacial score (nSPS) is 19.1. The van der Waals surface area contributed by atoms with E-state index in [4.69, 9.17) is 4.74 Å². The topological polar surface area (TPSA) is 45.3 Å². The monoisotopic (exact) mass is 286 g/mol. The Morgan fingerprint density at radius 1 is 1.43 bits per heavy atom. The van der Waals surface area contributed by atoms with Crippen LogP contribution in [-0.2, 0) is 16.0 Å². The van der Waals surface area contributed by atoms with E-state index in [-0.39, 0.29) is 12.0 Å². The number of fused-ring (bicyclic) bond motifs is 1. The third kappa shape index (κ3) is 3.27. The van der Waals surface area contributed by atoms with Crippen LogP contribution in [0.4, 0.5) is 0 Å². The second kappa shape index (κ2) is 6.31. The number of H-pyrrole nitrogens is 1. The number of aromatic nitrogens is 1. The van der Waals surface area contributed by atoms with Gasteiger partial charge in [-0.05, 0) is 31.4 Å². The van der Waals surface area contributed by atoms with E-state index in [0.29, 0.717) is 13.0 Å². The molecule has 1 saturated heterocycles. The number of hydrogen-bond donors (Lipinski definition) is 1. The van der Waals surface area contributed by atoms with E-state index in [9.17, 15) is 4.79 Å². The maximum atomic E-state index is 12.2. The molecular formula is C17H22N2O2. The lowest BCUT2D eigenvalue weighted by atomic mass is 10.1. The number of ether oxygens (including phenoxy) is 1. The third-order valence-corrected chi connectivity index (χ3v) is 4.11. The number of benzene rings is 1. The molecule has 4 heteroatoms. The number of carbonyl (C=O) groups excluding carboxylic acids is 1. The lowest BCUT2D eigenvalue weighted by Gasteiger charge is -2.31. The predicted octanol–water partition coefficient (Wildman–Crippen LogP) is 2.74. The fourth-order valence-corrected chi connectivity index (χ4v) is 2.97. The Hall–Kier alpha value is -1.81. The van der Waals surface area contributed by atoms with Crippen molar-refractivity contribution < 1.29 is 9.53 Å². The van der Waals surface area contributed by atoms with Gasteiger partial charge in [0.2, 0.25) is 5.91 Å². The minimum atomic E-state index is 0.163. The molecule has 1 aromatic carbocycles. The highest BCUT2D eigenvalue weighted by Crippen LogP contribution is 2.19. The number of morpholine rings is 1. The average molecular weight is 286 g/mol. The molecule has 4 nitrogen and oxygen atoms in total. The van der Waals surface area contributed by atoms with Crippen molar-refractivity contribution in [1.82, 2.24) is 9.88 Å². The smallest absolute Gasteiger partial charge is 0.222 e. The summed E-state index contributed by atoms with van der Waals surface area (Å²) in [5, 5.41) is 1.27. The molecule has 1 amide bonds. The van der Waals surface area contributed by atoms with E-state index < -0.39 is 0 Å². The van der Waals surface area contributed by atoms with Crippen LogP contribution >= 0.6 is 0 Å². The summed E-state index contributed by atoms with van der Waals surface area (Å²) >= 11 is 0. The van der Waals surface area contributed by atoms with Gasteiger partial charge in [-0.1, -0.05) is 18.2 Å². The van der Waals surface area contributed by atoms with Gasteiger partial charge < -0.3 is 14.6 Å². The number of amides is 1. The molecule has 112 valence electrons. The van der Waals surface area contributed by atoms with E-state index in [1.807, 2.05) is 17.9 Å². The van der Waals surface area contributed by atoms with E-state index in [0.717, 1.165) is 25.9 Å². The molecule has 2 aromatic rings. The predicted molar refractivity (Wildman–Crippen MR) is 83.2 cm³/mol. The van der Waals surface area contributed by atoms with Gasteiger partial charge in [-0.2, -0.15) is 0 Å². The Kier molecular flexibility index (Phi) is 4.25. The van der Waals surface area contributed by atoms with Crippen LogP contribution < -0.4 is 0 Å². The van der Waals surface area contributed by atoms with E-state index in [1.54, 1.807) is 0 Å². The Morgan fingerprint density at radius 2 is 2.29 bits per heavy atom. The first-order valence-electron chi connectivity index (χ1n) is 7.68. The van der Waals surface area contributed by atoms with Crippen molar-refractivity contribution in [2.24, 2.45) is 0 Å². The van der Waals surface area contributed by atoms with Crippen LogP contribution in [0.2, 0.25) is 0 Å². The van der Waals surface area contributed by atoms with Crippen LogP contribution in [0, 0.1) is 0 Å². The zero-order valence-electron chi connectivity index (χ0n) is 12.5. The Morgan fingerprint density at radius 3 is 3.14 bits per heavy atom. The largest absolute Gasteiger partial charge is 0.375 e. The standard InChI is InChI=1S/C17H22N2O2/c1-13-12-19(9-10-21-13)17(20)8-4-5-14-11-18-16-7-3-2-6-15(14)16/h2-3,6-7,11,13,18H,4-5,8-10,12H2,1H3. The Balaban J connectivity index is 1.52. The lowest BCUT2D eigenvalue weighted by Crippen LogP contribution is -2.44. The van der Waals surface area contributed by atoms with Crippen LogP contribution in [-0.4, -0.2) is 41.6 Å². The molecule has 2 heterocycles. The van der Waals surface area contributed by atoms with Gasteiger partial charge in [0.15, 0.2) is 0 Å². The van der Waals surface area contributed by atoms with Crippen LogP contribution in [0.1, 0.15) is 25.3 Å². The summed E-state index contributed by atoms with van der Waals surface area (Å²) in [4.78, 5) is 17.4. The molecule has 1 aliphatic heterocycles. The molecule has 1 N–H and O–H groups in total. The van der Waals surface area contributed by atoms with E-state index in [1.165, 1.54) is 16.5 Å². The zero-order valence-corrected chi connectivity index (χ0v) is 12.5. The summed E-state index contributed by atoms with van der Waals surface area (Å²) in [5.41, 5.74) is 2.47. The van der Waals surface area contributed by atoms with Crippen LogP contribution in [0.5, 0.6) is 0 Å². The summed E-state index contributed by atoms with van der Waals surface area (Å²) in [6, 6.07) is 8.30. The minimum Gasteiger partial charge on any atom is -0.375 e. The number of aryl methyl sites for hydroxylation is 1. The molecule has 3 rings (SSSR count). The molecular weight excluding hydrogens is 264 g/mol. The molecule has 0 bridgehead atoms. The van der Waals surface area contributed by atoms with Crippen molar-refractivity contribution in [3.05, 3.63) is 36.0 Å². The highest BCUT2D eigenvalue weighted by atomic mass is 16.5. The van der Waals surface area contributed by atoms with Gasteiger partial charge in [0, 0.05) is 36.6 Å². The van der Waals surface area contributed by atoms with E-state index >= 15 is 0 Å². The number of nitrogens with one attached hydrogen (secondary N) is 1. The first-order valence-corrected chi connectivity index (χ1v) is 7.68. The van der Waals surface area contributed by atoms with Crippen molar-refractivity contribution in [2.45, 2.75) is 32.3 Å². The first-order chi connectivity index (χ1) is 10.2. The van der Waals surface area contributed by atoms with Crippen molar-refractivity contribution in [3.8, 4) is 0 Å². The molecule has 1 fully saturated rings. The van der Waals surface area contributed by atoms with Gasteiger partial charge in [0.25, 0.3) is 0 Å². The fourth-order valence-electron chi connectivity index (χ4n) is 2.97. The molecule has 1 aliphatic rings. The SMILES string of the molecule is CC1CN(C(=O)CCCc2c[nH]c3ccccc23)CCO1. The van der Waals surface area contributed by atoms with Crippen molar-refractivity contribution in [3.63, 3.8) is 0 Å². The quantitative estimate of drug-likeness (QED) is 0.939. The summed E-state index contributed by atoms with van der Waals surface area (Å²) in [7, 11) is 0. The number of carbonyl (C=O) groups is 1. The number of rotatable bonds is 4. The van der Waals surface area contributed by atoms with Crippen LogP contribution in [0.25, 0.3) is 10.9 Å². The first kappa shape index (κ1) is 14.1. The number of aromatic amines is 1. The van der Waals surface area contributed by atoms with Gasteiger partial charge in [0.1, 0.15) is 0 Å². The molecule has 0 radical (unpaired) electrons. The van der Waals surface area contributed by atoms with Gasteiger partial charge in [-0.25, -0.2) is 0 Å². The molecule has 0 aliphatic carbocycles. The van der Waals surface area contributed by atoms with Crippen LogP contribution in [0.3, 0.4) is 0 Å². The fraction of sp³-hybridized carbons (Fsp3) is 0.471. The number of hydrogen-bond acceptors (Lipinski definition) is 2. The van der Waals surface area contributed by atoms with Gasteiger partial charge in [0.05, 0.1) is 12.7 Å². The highest BCUT2D eigenvalue weighted by Gasteiger charge is 2.20. The second-order valence-electron chi connectivity index (χ2n) is 5.73. The van der Waals surface area contributed by atoms with Gasteiger partial charge >= 0.3 is 0 Å². The zero-order chi connectivity index (χ0) is 14.7. The summed E-state index contributed by atoms with van der Waals surface area (Å²) in [6.07, 6.45) is 4.68. The molecule has 0 saturated carbocycles. The molecule has 21 heavy (non-hydrogen) atoms. The minimum absolute atomic E-state index is 0.163. The summed E-state index contributed by atoms with van der Waals surface area (Å²) in [6.45, 7) is 4.14. The molecule has 1 aromatic heterocycles. The van der Waals surface area contributed by atoms with Crippen molar-refractivity contribution in [1.29, 1.82) is 0 Å². The average Bonchev–Trinajstić information content (AvgIpc) is 2.91. The van der Waals surface area contributed by atoms with Crippen molar-refractivity contribution >= 4 is 16.8 Å². The molecule has 1 unspecified atom stereocenters. The second-order valence-corrected chi connectivity index (χ2v) is 5.73. The Bertz CT molecular complexity index is 620. The molecule has 1 atom stereocenters. The van der Waals surface area contributed by atoms with E-state index in [2.05, 4.69) is 29.4 Å². The van der Waals surface area contributed by atoms with Gasteiger partial charge in [-0.3, -0.25) is 4.79 Å².